The number of benzene rings is 1. The van der Waals surface area contributed by atoms with E-state index in [0.29, 0.717) is 35.8 Å². The normalized spacial score (nSPS) is 23.8. The number of rotatable bonds is 6. The van der Waals surface area contributed by atoms with Crippen molar-refractivity contribution in [1.82, 2.24) is 19.9 Å². The molecule has 4 heterocycles. The third-order valence-electron chi connectivity index (χ3n) is 8.37. The summed E-state index contributed by atoms with van der Waals surface area (Å²) in [6.07, 6.45) is 16.2. The van der Waals surface area contributed by atoms with Crippen LogP contribution in [0.1, 0.15) is 68.8 Å². The second-order valence-electron chi connectivity index (χ2n) is 11.4. The minimum atomic E-state index is -0.784. The zero-order valence-electron chi connectivity index (χ0n) is 24.2. The zero-order valence-corrected chi connectivity index (χ0v) is 25.0. The first-order valence-electron chi connectivity index (χ1n) is 14.9. The van der Waals surface area contributed by atoms with Gasteiger partial charge in [-0.25, -0.2) is 15.0 Å². The summed E-state index contributed by atoms with van der Waals surface area (Å²) in [6, 6.07) is 12.5. The Morgan fingerprint density at radius 1 is 1.07 bits per heavy atom. The molecule has 0 saturated carbocycles. The second kappa shape index (κ2) is 12.2. The molecule has 2 aromatic heterocycles. The molecule has 1 unspecified atom stereocenters. The lowest BCUT2D eigenvalue weighted by molar-refractivity contribution is 0.460. The molecule has 3 aromatic rings. The van der Waals surface area contributed by atoms with Crippen LogP contribution in [0.25, 0.3) is 17.2 Å². The third-order valence-corrected chi connectivity index (χ3v) is 8.71. The molecule has 3 aliphatic rings. The largest absolute Gasteiger partial charge is 0.340 e. The van der Waals surface area contributed by atoms with Gasteiger partial charge >= 0.3 is 0 Å². The van der Waals surface area contributed by atoms with Gasteiger partial charge in [-0.1, -0.05) is 30.4 Å². The van der Waals surface area contributed by atoms with E-state index in [2.05, 4.69) is 57.0 Å². The highest BCUT2D eigenvalue weighted by atomic mass is 35.5. The summed E-state index contributed by atoms with van der Waals surface area (Å²) in [6.45, 7) is 6.59. The van der Waals surface area contributed by atoms with E-state index in [1.54, 1.807) is 23.0 Å². The van der Waals surface area contributed by atoms with Crippen molar-refractivity contribution >= 4 is 34.5 Å². The van der Waals surface area contributed by atoms with Crippen molar-refractivity contribution in [2.24, 2.45) is 4.99 Å². The van der Waals surface area contributed by atoms with E-state index in [1.807, 2.05) is 32.1 Å². The summed E-state index contributed by atoms with van der Waals surface area (Å²) in [7, 11) is 0. The number of pyridine rings is 1. The predicted octanol–water partition coefficient (Wildman–Crippen LogP) is 5.14. The van der Waals surface area contributed by atoms with Crippen LogP contribution in [0.5, 0.6) is 0 Å². The molecule has 2 aliphatic heterocycles. The Balaban J connectivity index is 1.35. The van der Waals surface area contributed by atoms with Crippen LogP contribution in [0.2, 0.25) is 0 Å². The molecule has 8 heteroatoms. The van der Waals surface area contributed by atoms with Crippen molar-refractivity contribution in [3.8, 4) is 0 Å². The highest BCUT2D eigenvalue weighted by Gasteiger charge is 2.33. The number of hydrogen-bond donors (Lipinski definition) is 2. The number of hydrogen-bond acceptors (Lipinski definition) is 6. The molecule has 216 valence electrons. The van der Waals surface area contributed by atoms with Crippen LogP contribution in [-0.4, -0.2) is 32.5 Å². The number of alkyl halides is 1. The Bertz CT molecular complexity index is 1730. The highest BCUT2D eigenvalue weighted by Crippen LogP contribution is 2.42. The maximum absolute atomic E-state index is 14.0. The van der Waals surface area contributed by atoms with Crippen LogP contribution >= 0.6 is 11.6 Å². The maximum atomic E-state index is 14.0. The van der Waals surface area contributed by atoms with Crippen LogP contribution in [0.4, 0.5) is 5.69 Å². The standard InChI is InChI=1S/C34H37ClN6O/c1-3-41-32-25(21-28(33(41)42)29-14-11-26(22-34(29,2)35)31-37-17-6-18-38-31)7-4-5-8-30(40-32)39-27-12-9-23(10-13-27)24-15-19-36-20-16-24/h6-14,17-18,21,24,36,39H,3-5,15-16,19-20,22H2,1-2H3/b25-7-,30-8-,40-32+. The van der Waals surface area contributed by atoms with Gasteiger partial charge in [-0.15, -0.1) is 11.6 Å². The number of nitrogens with zero attached hydrogens (tertiary/aromatic N) is 4. The van der Waals surface area contributed by atoms with E-state index in [-0.39, 0.29) is 5.56 Å². The van der Waals surface area contributed by atoms with Gasteiger partial charge in [0.1, 0.15) is 11.3 Å². The number of allylic oxidation sites excluding steroid dienone is 5. The minimum Gasteiger partial charge on any atom is -0.340 e. The minimum absolute atomic E-state index is 0.0921. The molecule has 1 aliphatic carbocycles. The topological polar surface area (TPSA) is 84.2 Å². The number of anilines is 1. The Kier molecular flexibility index (Phi) is 8.22. The molecule has 42 heavy (non-hydrogen) atoms. The fraction of sp³-hybridized carbons (Fsp3) is 0.353. The maximum Gasteiger partial charge on any atom is 0.259 e. The number of aromatic nitrogens is 3. The number of halogens is 1. The molecule has 0 amide bonds. The lowest BCUT2D eigenvalue weighted by atomic mass is 9.83. The summed E-state index contributed by atoms with van der Waals surface area (Å²) in [5.41, 5.74) is 5.31. The smallest absolute Gasteiger partial charge is 0.259 e. The van der Waals surface area contributed by atoms with Crippen LogP contribution in [0.3, 0.4) is 0 Å². The van der Waals surface area contributed by atoms with Crippen molar-refractivity contribution < 1.29 is 0 Å². The number of nitrogens with one attached hydrogen (secondary N) is 2. The number of piperidine rings is 1. The molecule has 1 aromatic carbocycles. The van der Waals surface area contributed by atoms with E-state index in [9.17, 15) is 4.79 Å². The summed E-state index contributed by atoms with van der Waals surface area (Å²) >= 11 is 7.13. The molecule has 1 saturated heterocycles. The van der Waals surface area contributed by atoms with E-state index >= 15 is 0 Å². The van der Waals surface area contributed by atoms with Crippen LogP contribution in [0.15, 0.2) is 82.6 Å². The van der Waals surface area contributed by atoms with Gasteiger partial charge in [0.15, 0.2) is 5.82 Å². The highest BCUT2D eigenvalue weighted by molar-refractivity contribution is 6.31. The molecular formula is C34H37ClN6O. The molecule has 1 atom stereocenters. The molecule has 0 bridgehead atoms. The Labute approximate surface area is 251 Å². The SMILES string of the molecule is CCn1c(=O)c(C2=CC=C(c3ncccn3)CC2(C)Cl)cc2/c1=N\C(Nc1ccc(C3CCNCC3)cc1)=C/CC\C=2. The quantitative estimate of drug-likeness (QED) is 0.394. The van der Waals surface area contributed by atoms with Crippen LogP contribution in [0, 0.1) is 0 Å². The van der Waals surface area contributed by atoms with Gasteiger partial charge in [-0.2, -0.15) is 0 Å². The first kappa shape index (κ1) is 28.3. The van der Waals surface area contributed by atoms with Gasteiger partial charge in [0.2, 0.25) is 0 Å². The average Bonchev–Trinajstić information content (AvgIpc) is 3.00. The molecule has 7 nitrogen and oxygen atoms in total. The van der Waals surface area contributed by atoms with Gasteiger partial charge in [-0.05, 0) is 112 Å². The fourth-order valence-corrected chi connectivity index (χ4v) is 6.45. The summed E-state index contributed by atoms with van der Waals surface area (Å²) in [5.74, 6) is 2.02. The van der Waals surface area contributed by atoms with Gasteiger partial charge in [0, 0.05) is 35.4 Å². The Hall–Kier alpha value is -3.81. The van der Waals surface area contributed by atoms with Gasteiger partial charge in [0.05, 0.1) is 4.87 Å². The van der Waals surface area contributed by atoms with Crippen molar-refractivity contribution in [3.63, 3.8) is 0 Å². The first-order valence-corrected chi connectivity index (χ1v) is 15.3. The first-order chi connectivity index (χ1) is 20.4. The van der Waals surface area contributed by atoms with Crippen molar-refractivity contribution in [2.45, 2.75) is 63.3 Å². The Morgan fingerprint density at radius 3 is 2.52 bits per heavy atom. The van der Waals surface area contributed by atoms with Gasteiger partial charge in [0.25, 0.3) is 5.56 Å². The lowest BCUT2D eigenvalue weighted by Crippen LogP contribution is -2.46. The van der Waals surface area contributed by atoms with Crippen LogP contribution < -0.4 is 26.9 Å². The third kappa shape index (κ3) is 5.90. The molecule has 1 fully saturated rings. The zero-order chi connectivity index (χ0) is 29.1. The molecular weight excluding hydrogens is 544 g/mol. The van der Waals surface area contributed by atoms with E-state index in [1.165, 1.54) is 18.4 Å². The summed E-state index contributed by atoms with van der Waals surface area (Å²) in [5, 5.41) is 7.88. The van der Waals surface area contributed by atoms with E-state index < -0.39 is 4.87 Å². The van der Waals surface area contributed by atoms with Crippen LogP contribution in [-0.2, 0) is 6.54 Å². The number of fused-ring (bicyclic) bond motifs is 1. The fourth-order valence-electron chi connectivity index (χ4n) is 6.14. The molecule has 0 radical (unpaired) electrons. The monoisotopic (exact) mass is 580 g/mol. The lowest BCUT2D eigenvalue weighted by Gasteiger charge is -2.29. The summed E-state index contributed by atoms with van der Waals surface area (Å²) < 4.78 is 1.76. The second-order valence-corrected chi connectivity index (χ2v) is 12.2. The van der Waals surface area contributed by atoms with Gasteiger partial charge in [-0.3, -0.25) is 9.36 Å². The van der Waals surface area contributed by atoms with Crippen molar-refractivity contribution in [3.05, 3.63) is 111 Å². The molecule has 6 rings (SSSR count). The summed E-state index contributed by atoms with van der Waals surface area (Å²) in [4.78, 5) is 27.0. The van der Waals surface area contributed by atoms with Gasteiger partial charge < -0.3 is 10.6 Å². The van der Waals surface area contributed by atoms with E-state index in [0.717, 1.165) is 53.8 Å². The van der Waals surface area contributed by atoms with Crippen molar-refractivity contribution in [2.75, 3.05) is 18.4 Å². The predicted molar refractivity (Wildman–Crippen MR) is 171 cm³/mol. The molecule has 2 N–H and O–H groups in total. The average molecular weight is 581 g/mol. The Morgan fingerprint density at radius 2 is 1.81 bits per heavy atom. The van der Waals surface area contributed by atoms with E-state index in [4.69, 9.17) is 16.6 Å². The molecule has 0 spiro atoms. The van der Waals surface area contributed by atoms with Crippen molar-refractivity contribution in [1.29, 1.82) is 0 Å².